The number of nitrogens with one attached hydrogen (secondary N) is 2. The van der Waals surface area contributed by atoms with E-state index >= 15 is 0 Å². The molecule has 4 aliphatic carbocycles. The second kappa shape index (κ2) is 12.1. The van der Waals surface area contributed by atoms with Gasteiger partial charge in [-0.3, -0.25) is 4.79 Å². The van der Waals surface area contributed by atoms with Crippen LogP contribution >= 0.6 is 0 Å². The lowest BCUT2D eigenvalue weighted by Crippen LogP contribution is -2.64. The van der Waals surface area contributed by atoms with Gasteiger partial charge in [0.2, 0.25) is 5.91 Å². The summed E-state index contributed by atoms with van der Waals surface area (Å²) in [6.07, 6.45) is 5.84. The van der Waals surface area contributed by atoms with Crippen LogP contribution in [0.5, 0.6) is 0 Å². The number of carbonyl (C=O) groups excluding carboxylic acids is 2. The first kappa shape index (κ1) is 31.0. The van der Waals surface area contributed by atoms with E-state index in [4.69, 9.17) is 5.73 Å². The quantitative estimate of drug-likeness (QED) is 0.198. The van der Waals surface area contributed by atoms with Crippen molar-refractivity contribution in [2.75, 3.05) is 6.54 Å². The van der Waals surface area contributed by atoms with Crippen molar-refractivity contribution in [2.24, 2.45) is 52.1 Å². The highest BCUT2D eigenvalue weighted by atomic mass is 16.4. The number of carboxylic acids is 1. The number of amides is 3. The Morgan fingerprint density at radius 1 is 0.925 bits per heavy atom. The SMILES string of the molecule is C[C@H](CCC(=O)N[C@@H](CCCNC(N)=O)C(=O)O)[C@H]1CC[C@H]2[C@@H]3[C@@H](O)[C@@H](O)[C@@H]4C[C@H](O)CC[C@]4(C)[C@H]3CC[C@]12C. The number of nitrogens with two attached hydrogens (primary N) is 1. The molecule has 0 unspecified atom stereocenters. The number of hydrogen-bond acceptors (Lipinski definition) is 6. The number of carbonyl (C=O) groups is 3. The standard InChI is InChI=1S/C30H51N3O7/c1-16(6-9-23(35)33-22(27(38)39)5-4-14-32-28(31)40)18-7-8-19-24-20(11-13-29(18,19)2)30(3)12-10-17(34)15-21(30)25(36)26(24)37/h16-22,24-26,34,36-37H,4-15H2,1-3H3,(H,33,35)(H,38,39)(H3,31,32,40)/t16-,17-,18-,19+,20+,21+,22+,24+,25+,26-,29-,30-/m1/s1. The highest BCUT2D eigenvalue weighted by molar-refractivity contribution is 5.83. The van der Waals surface area contributed by atoms with Gasteiger partial charge in [0.05, 0.1) is 18.3 Å². The van der Waals surface area contributed by atoms with E-state index in [0.717, 1.165) is 38.5 Å². The molecule has 40 heavy (non-hydrogen) atoms. The van der Waals surface area contributed by atoms with Gasteiger partial charge in [-0.2, -0.15) is 0 Å². The molecule has 10 nitrogen and oxygen atoms in total. The van der Waals surface area contributed by atoms with Crippen LogP contribution < -0.4 is 16.4 Å². The summed E-state index contributed by atoms with van der Waals surface area (Å²) in [7, 11) is 0. The van der Waals surface area contributed by atoms with Crippen molar-refractivity contribution in [2.45, 2.75) is 116 Å². The molecule has 12 atom stereocenters. The fourth-order valence-electron chi connectivity index (χ4n) is 9.82. The molecule has 4 saturated carbocycles. The molecule has 8 N–H and O–H groups in total. The average Bonchev–Trinajstić information content (AvgIpc) is 3.25. The van der Waals surface area contributed by atoms with Gasteiger partial charge >= 0.3 is 12.0 Å². The Labute approximate surface area is 237 Å². The molecule has 0 aromatic carbocycles. The summed E-state index contributed by atoms with van der Waals surface area (Å²) in [5, 5.41) is 47.6. The molecule has 0 aromatic rings. The second-order valence-electron chi connectivity index (χ2n) is 13.9. The first-order valence-corrected chi connectivity index (χ1v) is 15.4. The van der Waals surface area contributed by atoms with Crippen molar-refractivity contribution < 1.29 is 34.8 Å². The number of aliphatic carboxylic acids is 1. The number of rotatable bonds is 10. The number of aliphatic hydroxyl groups excluding tert-OH is 3. The molecule has 3 amide bonds. The zero-order valence-electron chi connectivity index (χ0n) is 24.3. The minimum Gasteiger partial charge on any atom is -0.480 e. The van der Waals surface area contributed by atoms with Gasteiger partial charge in [-0.25, -0.2) is 9.59 Å². The number of hydrogen-bond donors (Lipinski definition) is 7. The first-order valence-electron chi connectivity index (χ1n) is 15.4. The zero-order valence-corrected chi connectivity index (χ0v) is 24.3. The van der Waals surface area contributed by atoms with Crippen molar-refractivity contribution in [3.63, 3.8) is 0 Å². The van der Waals surface area contributed by atoms with Crippen molar-refractivity contribution in [1.82, 2.24) is 10.6 Å². The summed E-state index contributed by atoms with van der Waals surface area (Å²) in [5.74, 6) is -0.0929. The lowest BCUT2D eigenvalue weighted by atomic mass is 9.43. The van der Waals surface area contributed by atoms with Crippen molar-refractivity contribution in [3.8, 4) is 0 Å². The third kappa shape index (κ3) is 5.86. The number of aliphatic hydroxyl groups is 3. The van der Waals surface area contributed by atoms with Gasteiger partial charge in [0.1, 0.15) is 6.04 Å². The van der Waals surface area contributed by atoms with Crippen LogP contribution in [0, 0.1) is 46.3 Å². The molecule has 0 radical (unpaired) electrons. The number of carboxylic acid groups (broad SMARTS) is 1. The molecule has 4 aliphatic rings. The van der Waals surface area contributed by atoms with Crippen LogP contribution in [0.4, 0.5) is 4.79 Å². The molecule has 4 rings (SSSR count). The van der Waals surface area contributed by atoms with Crippen LogP contribution in [-0.4, -0.2) is 69.2 Å². The lowest BCUT2D eigenvalue weighted by Gasteiger charge is -2.63. The van der Waals surface area contributed by atoms with Gasteiger partial charge in [-0.05, 0) is 111 Å². The van der Waals surface area contributed by atoms with Crippen LogP contribution in [0.3, 0.4) is 0 Å². The minimum absolute atomic E-state index is 0.0200. The molecule has 10 heteroatoms. The number of fused-ring (bicyclic) bond motifs is 5. The predicted molar refractivity (Wildman–Crippen MR) is 149 cm³/mol. The van der Waals surface area contributed by atoms with Crippen LogP contribution in [0.1, 0.15) is 91.4 Å². The maximum atomic E-state index is 12.7. The molecule has 0 aliphatic heterocycles. The summed E-state index contributed by atoms with van der Waals surface area (Å²) in [4.78, 5) is 35.1. The highest BCUT2D eigenvalue weighted by Crippen LogP contribution is 2.68. The lowest BCUT2D eigenvalue weighted by molar-refractivity contribution is -0.223. The molecular formula is C30H51N3O7. The van der Waals surface area contributed by atoms with Crippen molar-refractivity contribution >= 4 is 17.9 Å². The van der Waals surface area contributed by atoms with Gasteiger partial charge in [-0.1, -0.05) is 20.8 Å². The Morgan fingerprint density at radius 3 is 2.27 bits per heavy atom. The van der Waals surface area contributed by atoms with E-state index in [9.17, 15) is 34.8 Å². The average molecular weight is 566 g/mol. The van der Waals surface area contributed by atoms with Crippen LogP contribution in [-0.2, 0) is 9.59 Å². The van der Waals surface area contributed by atoms with E-state index in [0.29, 0.717) is 37.0 Å². The van der Waals surface area contributed by atoms with E-state index in [-0.39, 0.29) is 53.9 Å². The second-order valence-corrected chi connectivity index (χ2v) is 13.9. The number of primary amides is 1. The maximum Gasteiger partial charge on any atom is 0.326 e. The fraction of sp³-hybridized carbons (Fsp3) is 0.900. The molecular weight excluding hydrogens is 514 g/mol. The van der Waals surface area contributed by atoms with Crippen LogP contribution in [0.15, 0.2) is 0 Å². The molecule has 4 fully saturated rings. The van der Waals surface area contributed by atoms with E-state index in [1.807, 2.05) is 0 Å². The Hall–Kier alpha value is -1.91. The molecule has 0 bridgehead atoms. The van der Waals surface area contributed by atoms with E-state index in [2.05, 4.69) is 31.4 Å². The Kier molecular flexibility index (Phi) is 9.42. The smallest absolute Gasteiger partial charge is 0.326 e. The topological polar surface area (TPSA) is 182 Å². The van der Waals surface area contributed by atoms with Crippen LogP contribution in [0.25, 0.3) is 0 Å². The van der Waals surface area contributed by atoms with Crippen molar-refractivity contribution in [1.29, 1.82) is 0 Å². The molecule has 0 aromatic heterocycles. The summed E-state index contributed by atoms with van der Waals surface area (Å²) < 4.78 is 0. The third-order valence-electron chi connectivity index (χ3n) is 11.9. The molecule has 0 spiro atoms. The Bertz CT molecular complexity index is 948. The van der Waals surface area contributed by atoms with Gasteiger partial charge in [0.25, 0.3) is 0 Å². The molecule has 0 saturated heterocycles. The largest absolute Gasteiger partial charge is 0.480 e. The number of urea groups is 1. The summed E-state index contributed by atoms with van der Waals surface area (Å²) in [6, 6.07) is -1.67. The van der Waals surface area contributed by atoms with Gasteiger partial charge in [0, 0.05) is 13.0 Å². The van der Waals surface area contributed by atoms with E-state index in [1.54, 1.807) is 0 Å². The Morgan fingerprint density at radius 2 is 1.60 bits per heavy atom. The first-order chi connectivity index (χ1) is 18.8. The Balaban J connectivity index is 1.36. The summed E-state index contributed by atoms with van der Waals surface area (Å²) in [6.45, 7) is 7.07. The maximum absolute atomic E-state index is 12.7. The molecule has 228 valence electrons. The van der Waals surface area contributed by atoms with E-state index < -0.39 is 36.4 Å². The molecule has 0 heterocycles. The summed E-state index contributed by atoms with van der Waals surface area (Å²) >= 11 is 0. The predicted octanol–water partition coefficient (Wildman–Crippen LogP) is 2.38. The van der Waals surface area contributed by atoms with Crippen LogP contribution in [0.2, 0.25) is 0 Å². The zero-order chi connectivity index (χ0) is 29.4. The van der Waals surface area contributed by atoms with Gasteiger partial charge in [-0.15, -0.1) is 0 Å². The third-order valence-corrected chi connectivity index (χ3v) is 11.9. The highest BCUT2D eigenvalue weighted by Gasteiger charge is 2.65. The van der Waals surface area contributed by atoms with Gasteiger partial charge in [0.15, 0.2) is 0 Å². The summed E-state index contributed by atoms with van der Waals surface area (Å²) in [5.41, 5.74) is 4.99. The fourth-order valence-corrected chi connectivity index (χ4v) is 9.82. The monoisotopic (exact) mass is 565 g/mol. The van der Waals surface area contributed by atoms with E-state index in [1.165, 1.54) is 0 Å². The normalized spacial score (nSPS) is 42.0. The van der Waals surface area contributed by atoms with Gasteiger partial charge < -0.3 is 36.8 Å². The van der Waals surface area contributed by atoms with Crippen molar-refractivity contribution in [3.05, 3.63) is 0 Å². The minimum atomic E-state index is -1.10.